The standard InChI is InChI=1S/C15H20F2N2O2S/c16-15(17)4-6-19(5-3-11(15)7-14(20)21)8-13-18-12(9-22-13)10-1-2-10/h9-11H,1-8H2,(H,20,21). The van der Waals surface area contributed by atoms with Crippen molar-refractivity contribution < 1.29 is 18.7 Å². The summed E-state index contributed by atoms with van der Waals surface area (Å²) in [5.74, 6) is -4.49. The minimum Gasteiger partial charge on any atom is -0.481 e. The number of halogens is 2. The number of carboxylic acids is 1. The molecule has 1 aliphatic heterocycles. The first-order valence-electron chi connectivity index (χ1n) is 7.70. The molecule has 1 saturated carbocycles. The van der Waals surface area contributed by atoms with Crippen LogP contribution in [0.3, 0.4) is 0 Å². The van der Waals surface area contributed by atoms with Gasteiger partial charge in [-0.05, 0) is 25.8 Å². The number of aromatic nitrogens is 1. The Balaban J connectivity index is 1.59. The molecule has 0 spiro atoms. The maximum absolute atomic E-state index is 14.0. The van der Waals surface area contributed by atoms with Crippen LogP contribution in [0.4, 0.5) is 8.78 Å². The van der Waals surface area contributed by atoms with Crippen LogP contribution in [0, 0.1) is 5.92 Å². The van der Waals surface area contributed by atoms with Crippen molar-refractivity contribution in [1.29, 1.82) is 0 Å². The molecule has 4 nitrogen and oxygen atoms in total. The Labute approximate surface area is 132 Å². The third-order valence-electron chi connectivity index (χ3n) is 4.50. The summed E-state index contributed by atoms with van der Waals surface area (Å²) in [6.45, 7) is 1.39. The van der Waals surface area contributed by atoms with Crippen molar-refractivity contribution in [2.24, 2.45) is 5.92 Å². The summed E-state index contributed by atoms with van der Waals surface area (Å²) in [7, 11) is 0. The largest absolute Gasteiger partial charge is 0.481 e. The first-order valence-corrected chi connectivity index (χ1v) is 8.58. The van der Waals surface area contributed by atoms with Gasteiger partial charge in [-0.25, -0.2) is 13.8 Å². The van der Waals surface area contributed by atoms with Gasteiger partial charge >= 0.3 is 5.97 Å². The lowest BCUT2D eigenvalue weighted by Gasteiger charge is -2.22. The third kappa shape index (κ3) is 3.81. The van der Waals surface area contributed by atoms with Gasteiger partial charge in [0.1, 0.15) is 5.01 Å². The Morgan fingerprint density at radius 1 is 1.41 bits per heavy atom. The quantitative estimate of drug-likeness (QED) is 0.899. The Bertz CT molecular complexity index is 545. The number of likely N-dealkylation sites (tertiary alicyclic amines) is 1. The lowest BCUT2D eigenvalue weighted by Crippen LogP contribution is -2.30. The molecule has 1 aromatic heterocycles. The minimum atomic E-state index is -2.89. The average molecular weight is 330 g/mol. The second-order valence-corrected chi connectivity index (χ2v) is 7.25. The molecule has 22 heavy (non-hydrogen) atoms. The van der Waals surface area contributed by atoms with E-state index in [1.807, 2.05) is 4.90 Å². The number of aliphatic carboxylic acids is 1. The highest BCUT2D eigenvalue weighted by molar-refractivity contribution is 7.09. The van der Waals surface area contributed by atoms with Crippen molar-refractivity contribution in [3.63, 3.8) is 0 Å². The lowest BCUT2D eigenvalue weighted by atomic mass is 9.93. The van der Waals surface area contributed by atoms with E-state index in [1.165, 1.54) is 12.8 Å². The van der Waals surface area contributed by atoms with E-state index in [4.69, 9.17) is 5.11 Å². The van der Waals surface area contributed by atoms with Crippen LogP contribution in [0.15, 0.2) is 5.38 Å². The van der Waals surface area contributed by atoms with Crippen LogP contribution < -0.4 is 0 Å². The van der Waals surface area contributed by atoms with E-state index < -0.39 is 24.2 Å². The minimum absolute atomic E-state index is 0.222. The molecule has 1 aliphatic carbocycles. The molecule has 2 heterocycles. The van der Waals surface area contributed by atoms with Crippen LogP contribution in [0.5, 0.6) is 0 Å². The van der Waals surface area contributed by atoms with Crippen LogP contribution >= 0.6 is 11.3 Å². The van der Waals surface area contributed by atoms with Gasteiger partial charge in [-0.15, -0.1) is 11.3 Å². The molecule has 0 aromatic carbocycles. The van der Waals surface area contributed by atoms with Crippen LogP contribution in [0.1, 0.15) is 48.7 Å². The first kappa shape index (κ1) is 15.8. The molecule has 122 valence electrons. The van der Waals surface area contributed by atoms with Crippen LogP contribution in [0.25, 0.3) is 0 Å². The highest BCUT2D eigenvalue weighted by Gasteiger charge is 2.42. The zero-order valence-corrected chi connectivity index (χ0v) is 13.1. The van der Waals surface area contributed by atoms with Crippen LogP contribution in [-0.4, -0.2) is 40.0 Å². The molecule has 1 saturated heterocycles. The molecule has 7 heteroatoms. The van der Waals surface area contributed by atoms with Crippen molar-refractivity contribution in [3.8, 4) is 0 Å². The van der Waals surface area contributed by atoms with Gasteiger partial charge in [-0.2, -0.15) is 0 Å². The number of hydrogen-bond acceptors (Lipinski definition) is 4. The van der Waals surface area contributed by atoms with Gasteiger partial charge in [-0.3, -0.25) is 9.69 Å². The van der Waals surface area contributed by atoms with E-state index in [9.17, 15) is 13.6 Å². The van der Waals surface area contributed by atoms with Crippen molar-refractivity contribution in [1.82, 2.24) is 9.88 Å². The fourth-order valence-electron chi connectivity index (χ4n) is 2.95. The number of alkyl halides is 2. The molecular weight excluding hydrogens is 310 g/mol. The van der Waals surface area contributed by atoms with Crippen molar-refractivity contribution in [2.75, 3.05) is 13.1 Å². The summed E-state index contributed by atoms with van der Waals surface area (Å²) in [5, 5.41) is 11.8. The lowest BCUT2D eigenvalue weighted by molar-refractivity contribution is -0.143. The average Bonchev–Trinajstić information content (AvgIpc) is 3.21. The Morgan fingerprint density at radius 2 is 2.18 bits per heavy atom. The molecule has 0 bridgehead atoms. The number of hydrogen-bond donors (Lipinski definition) is 1. The smallest absolute Gasteiger partial charge is 0.303 e. The van der Waals surface area contributed by atoms with E-state index in [2.05, 4.69) is 10.4 Å². The molecule has 3 rings (SSSR count). The number of carboxylic acid groups (broad SMARTS) is 1. The fraction of sp³-hybridized carbons (Fsp3) is 0.733. The number of thiazole rings is 1. The molecule has 0 amide bonds. The molecule has 1 atom stereocenters. The molecular formula is C15H20F2N2O2S. The molecule has 0 radical (unpaired) electrons. The SMILES string of the molecule is O=C(O)CC1CCN(Cc2nc(C3CC3)cs2)CCC1(F)F. The first-order chi connectivity index (χ1) is 10.4. The third-order valence-corrected chi connectivity index (χ3v) is 5.35. The van der Waals surface area contributed by atoms with E-state index >= 15 is 0 Å². The maximum atomic E-state index is 14.0. The van der Waals surface area contributed by atoms with Gasteiger partial charge in [0.15, 0.2) is 0 Å². The predicted octanol–water partition coefficient (Wildman–Crippen LogP) is 3.34. The van der Waals surface area contributed by atoms with E-state index in [1.54, 1.807) is 11.3 Å². The van der Waals surface area contributed by atoms with E-state index in [-0.39, 0.29) is 12.8 Å². The zero-order valence-electron chi connectivity index (χ0n) is 12.3. The molecule has 2 aliphatic rings. The highest BCUT2D eigenvalue weighted by Crippen LogP contribution is 2.40. The van der Waals surface area contributed by atoms with Gasteiger partial charge in [0.2, 0.25) is 0 Å². The number of rotatable bonds is 5. The van der Waals surface area contributed by atoms with Gasteiger partial charge in [0.25, 0.3) is 5.92 Å². The van der Waals surface area contributed by atoms with Gasteiger partial charge in [-0.1, -0.05) is 0 Å². The molecule has 1 aromatic rings. The fourth-order valence-corrected chi connectivity index (χ4v) is 3.87. The van der Waals surface area contributed by atoms with E-state index in [0.717, 1.165) is 10.7 Å². The monoisotopic (exact) mass is 330 g/mol. The summed E-state index contributed by atoms with van der Waals surface area (Å²) in [5.41, 5.74) is 1.14. The predicted molar refractivity (Wildman–Crippen MR) is 79.3 cm³/mol. The Kier molecular flexibility index (Phi) is 4.45. The summed E-state index contributed by atoms with van der Waals surface area (Å²) < 4.78 is 28.0. The maximum Gasteiger partial charge on any atom is 0.303 e. The summed E-state index contributed by atoms with van der Waals surface area (Å²) in [4.78, 5) is 17.3. The second-order valence-electron chi connectivity index (χ2n) is 6.31. The molecule has 1 unspecified atom stereocenters. The normalized spacial score (nSPS) is 25.8. The topological polar surface area (TPSA) is 53.4 Å². The van der Waals surface area contributed by atoms with Gasteiger partial charge in [0.05, 0.1) is 18.7 Å². The van der Waals surface area contributed by atoms with Crippen molar-refractivity contribution in [3.05, 3.63) is 16.1 Å². The molecule has 1 N–H and O–H groups in total. The molecule has 2 fully saturated rings. The summed E-state index contributed by atoms with van der Waals surface area (Å²) >= 11 is 1.60. The van der Waals surface area contributed by atoms with E-state index in [0.29, 0.717) is 25.6 Å². The second kappa shape index (κ2) is 6.20. The Morgan fingerprint density at radius 3 is 2.86 bits per heavy atom. The van der Waals surface area contributed by atoms with Gasteiger partial charge in [0, 0.05) is 30.2 Å². The Hall–Kier alpha value is -1.08. The highest BCUT2D eigenvalue weighted by atomic mass is 32.1. The number of nitrogens with zero attached hydrogens (tertiary/aromatic N) is 2. The summed E-state index contributed by atoms with van der Waals surface area (Å²) in [6, 6.07) is 0. The van der Waals surface area contributed by atoms with Gasteiger partial charge < -0.3 is 5.11 Å². The van der Waals surface area contributed by atoms with Crippen LogP contribution in [0.2, 0.25) is 0 Å². The van der Waals surface area contributed by atoms with Crippen molar-refractivity contribution in [2.45, 2.75) is 50.5 Å². The van der Waals surface area contributed by atoms with Crippen LogP contribution in [-0.2, 0) is 11.3 Å². The summed E-state index contributed by atoms with van der Waals surface area (Å²) in [6.07, 6.45) is 1.90. The van der Waals surface area contributed by atoms with Crippen molar-refractivity contribution >= 4 is 17.3 Å². The number of carbonyl (C=O) groups is 1. The zero-order chi connectivity index (χ0) is 15.7.